The average molecular weight is 293 g/mol. The molecule has 4 N–H and O–H groups in total. The molecular weight excluding hydrogens is 278 g/mol. The van der Waals surface area contributed by atoms with Gasteiger partial charge in [0.05, 0.1) is 0 Å². The molecule has 0 unspecified atom stereocenters. The summed E-state index contributed by atoms with van der Waals surface area (Å²) in [5.41, 5.74) is 4.00. The highest BCUT2D eigenvalue weighted by molar-refractivity contribution is 7.89. The Balaban J connectivity index is 2.08. The predicted octanol–water partition coefficient (Wildman–Crippen LogP) is 0.549. The van der Waals surface area contributed by atoms with Gasteiger partial charge in [-0.25, -0.2) is 24.0 Å². The van der Waals surface area contributed by atoms with Crippen molar-refractivity contribution in [1.82, 2.24) is 14.7 Å². The largest absolute Gasteiger partial charge is 0.308 e. The van der Waals surface area contributed by atoms with Crippen LogP contribution in [-0.4, -0.2) is 18.4 Å². The number of rotatable bonds is 5. The molecule has 0 aromatic carbocycles. The van der Waals surface area contributed by atoms with Crippen LogP contribution in [-0.2, 0) is 16.6 Å². The highest BCUT2D eigenvalue weighted by Gasteiger charge is 2.14. The van der Waals surface area contributed by atoms with Gasteiger partial charge in [-0.2, -0.15) is 0 Å². The number of aromatic nitrogens is 2. The number of hydrazine groups is 1. The third-order valence-corrected chi connectivity index (χ3v) is 4.02. The van der Waals surface area contributed by atoms with Crippen LogP contribution in [0, 0.1) is 6.92 Å². The first-order valence-electron chi connectivity index (χ1n) is 5.85. The Morgan fingerprint density at radius 1 is 1.15 bits per heavy atom. The summed E-state index contributed by atoms with van der Waals surface area (Å²) in [6, 6.07) is 6.57. The number of sulfonamides is 1. The normalized spacial score (nSPS) is 11.3. The molecule has 7 nitrogen and oxygen atoms in total. The van der Waals surface area contributed by atoms with Crippen LogP contribution in [0.3, 0.4) is 0 Å². The fourth-order valence-electron chi connectivity index (χ4n) is 1.49. The van der Waals surface area contributed by atoms with E-state index in [0.717, 1.165) is 11.3 Å². The van der Waals surface area contributed by atoms with E-state index in [1.54, 1.807) is 6.20 Å². The number of anilines is 1. The highest BCUT2D eigenvalue weighted by Crippen LogP contribution is 2.10. The summed E-state index contributed by atoms with van der Waals surface area (Å²) in [5, 5.41) is 0. The van der Waals surface area contributed by atoms with Crippen LogP contribution >= 0.6 is 0 Å². The second-order valence-corrected chi connectivity index (χ2v) is 5.92. The molecule has 2 rings (SSSR count). The van der Waals surface area contributed by atoms with Gasteiger partial charge >= 0.3 is 0 Å². The fourth-order valence-corrected chi connectivity index (χ4v) is 2.45. The van der Waals surface area contributed by atoms with E-state index in [-0.39, 0.29) is 11.4 Å². The Morgan fingerprint density at radius 2 is 1.95 bits per heavy atom. The fraction of sp³-hybridized carbons (Fsp3) is 0.167. The lowest BCUT2D eigenvalue weighted by Gasteiger charge is -2.07. The minimum absolute atomic E-state index is 0.0802. The van der Waals surface area contributed by atoms with Gasteiger partial charge in [-0.15, -0.1) is 0 Å². The van der Waals surface area contributed by atoms with Gasteiger partial charge in [0.1, 0.15) is 10.7 Å². The Hall–Kier alpha value is -2.03. The number of hydrogen-bond acceptors (Lipinski definition) is 6. The van der Waals surface area contributed by atoms with E-state index in [0.29, 0.717) is 5.82 Å². The molecule has 0 fully saturated rings. The van der Waals surface area contributed by atoms with Gasteiger partial charge in [0.15, 0.2) is 0 Å². The van der Waals surface area contributed by atoms with Gasteiger partial charge in [-0.05, 0) is 30.7 Å². The topological polar surface area (TPSA) is 110 Å². The summed E-state index contributed by atoms with van der Waals surface area (Å²) < 4.78 is 26.6. The van der Waals surface area contributed by atoms with Gasteiger partial charge < -0.3 is 5.43 Å². The molecule has 0 aliphatic carbocycles. The summed E-state index contributed by atoms with van der Waals surface area (Å²) in [6.07, 6.45) is 2.88. The van der Waals surface area contributed by atoms with Gasteiger partial charge in [0.25, 0.3) is 0 Å². The van der Waals surface area contributed by atoms with Crippen LogP contribution in [0.2, 0.25) is 0 Å². The molecule has 2 aromatic heterocycles. The number of nitrogens with zero attached hydrogens (tertiary/aromatic N) is 2. The summed E-state index contributed by atoms with van der Waals surface area (Å²) >= 11 is 0. The first-order chi connectivity index (χ1) is 9.51. The van der Waals surface area contributed by atoms with Gasteiger partial charge in [0.2, 0.25) is 10.0 Å². The van der Waals surface area contributed by atoms with E-state index in [4.69, 9.17) is 5.84 Å². The van der Waals surface area contributed by atoms with Crippen LogP contribution in [0.5, 0.6) is 0 Å². The Bertz CT molecular complexity index is 668. The molecule has 0 saturated heterocycles. The predicted molar refractivity (Wildman–Crippen MR) is 75.0 cm³/mol. The van der Waals surface area contributed by atoms with Crippen molar-refractivity contribution in [3.05, 3.63) is 47.9 Å². The molecule has 0 atom stereocenters. The number of pyridine rings is 2. The number of aryl methyl sites for hydroxylation is 1. The Morgan fingerprint density at radius 3 is 2.50 bits per heavy atom. The zero-order valence-corrected chi connectivity index (χ0v) is 11.7. The Kier molecular flexibility index (Phi) is 4.28. The standard InChI is InChI=1S/C12H15N5O2S/c1-9-2-3-10(6-14-9)7-16-20(18,19)11-4-5-12(17-13)15-8-11/h2-6,8,16H,7,13H2,1H3,(H,15,17). The van der Waals surface area contributed by atoms with Crippen LogP contribution in [0.15, 0.2) is 41.6 Å². The van der Waals surface area contributed by atoms with Crippen molar-refractivity contribution in [3.8, 4) is 0 Å². The first kappa shape index (κ1) is 14.4. The smallest absolute Gasteiger partial charge is 0.242 e. The van der Waals surface area contributed by atoms with E-state index in [2.05, 4.69) is 20.1 Å². The highest BCUT2D eigenvalue weighted by atomic mass is 32.2. The molecule has 0 amide bonds. The molecule has 0 spiro atoms. The number of hydrogen-bond donors (Lipinski definition) is 3. The van der Waals surface area contributed by atoms with Crippen LogP contribution in [0.1, 0.15) is 11.3 Å². The zero-order valence-electron chi connectivity index (χ0n) is 10.9. The molecule has 0 saturated carbocycles. The van der Waals surface area contributed by atoms with Crippen molar-refractivity contribution in [2.75, 3.05) is 5.43 Å². The summed E-state index contributed by atoms with van der Waals surface area (Å²) in [4.78, 5) is 8.05. The number of nitrogens with one attached hydrogen (secondary N) is 2. The molecule has 0 aliphatic heterocycles. The van der Waals surface area contributed by atoms with Crippen molar-refractivity contribution in [3.63, 3.8) is 0 Å². The molecule has 106 valence electrons. The van der Waals surface area contributed by atoms with Crippen LogP contribution in [0.4, 0.5) is 5.82 Å². The van der Waals surface area contributed by atoms with Crippen molar-refractivity contribution in [2.24, 2.45) is 5.84 Å². The maximum absolute atomic E-state index is 12.0. The summed E-state index contributed by atoms with van der Waals surface area (Å²) in [6.45, 7) is 2.04. The van der Waals surface area contributed by atoms with E-state index in [1.807, 2.05) is 19.1 Å². The van der Waals surface area contributed by atoms with Crippen molar-refractivity contribution in [2.45, 2.75) is 18.4 Å². The number of nitrogens with two attached hydrogens (primary N) is 1. The van der Waals surface area contributed by atoms with E-state index >= 15 is 0 Å². The van der Waals surface area contributed by atoms with Crippen molar-refractivity contribution < 1.29 is 8.42 Å². The molecular formula is C12H15N5O2S. The minimum Gasteiger partial charge on any atom is -0.308 e. The lowest BCUT2D eigenvalue weighted by molar-refractivity contribution is 0.581. The Labute approximate surface area is 117 Å². The third-order valence-electron chi connectivity index (χ3n) is 2.63. The van der Waals surface area contributed by atoms with Gasteiger partial charge in [-0.3, -0.25) is 4.98 Å². The molecule has 0 aliphatic rings. The molecule has 20 heavy (non-hydrogen) atoms. The second-order valence-electron chi connectivity index (χ2n) is 4.16. The summed E-state index contributed by atoms with van der Waals surface area (Å²) in [7, 11) is -3.60. The average Bonchev–Trinajstić information content (AvgIpc) is 2.47. The van der Waals surface area contributed by atoms with E-state index in [1.165, 1.54) is 18.3 Å². The molecule has 2 aromatic rings. The lowest BCUT2D eigenvalue weighted by atomic mass is 10.2. The third kappa shape index (κ3) is 3.50. The maximum atomic E-state index is 12.0. The SMILES string of the molecule is Cc1ccc(CNS(=O)(=O)c2ccc(NN)nc2)cn1. The molecule has 2 heterocycles. The quantitative estimate of drug-likeness (QED) is 0.548. The van der Waals surface area contributed by atoms with Gasteiger partial charge in [-0.1, -0.05) is 6.07 Å². The monoisotopic (exact) mass is 293 g/mol. The van der Waals surface area contributed by atoms with Gasteiger partial charge in [0, 0.05) is 24.6 Å². The first-order valence-corrected chi connectivity index (χ1v) is 7.33. The lowest BCUT2D eigenvalue weighted by Crippen LogP contribution is -2.23. The van der Waals surface area contributed by atoms with Crippen LogP contribution in [0.25, 0.3) is 0 Å². The summed E-state index contributed by atoms with van der Waals surface area (Å²) in [5.74, 6) is 5.57. The van der Waals surface area contributed by atoms with E-state index < -0.39 is 10.0 Å². The minimum atomic E-state index is -3.60. The van der Waals surface area contributed by atoms with Crippen LogP contribution < -0.4 is 16.0 Å². The molecule has 0 radical (unpaired) electrons. The van der Waals surface area contributed by atoms with Crippen molar-refractivity contribution >= 4 is 15.8 Å². The zero-order chi connectivity index (χ0) is 14.6. The molecule has 0 bridgehead atoms. The number of nitrogen functional groups attached to an aromatic ring is 1. The van der Waals surface area contributed by atoms with E-state index in [9.17, 15) is 8.42 Å². The second kappa shape index (κ2) is 5.95. The maximum Gasteiger partial charge on any atom is 0.242 e. The van der Waals surface area contributed by atoms with Crippen molar-refractivity contribution in [1.29, 1.82) is 0 Å². The molecule has 8 heteroatoms.